The number of aryl methyl sites for hydroxylation is 1. The third kappa shape index (κ3) is 3.14. The lowest BCUT2D eigenvalue weighted by Gasteiger charge is -2.28. The fourth-order valence-corrected chi connectivity index (χ4v) is 3.48. The van der Waals surface area contributed by atoms with Gasteiger partial charge in [0.25, 0.3) is 0 Å². The Morgan fingerprint density at radius 1 is 1.25 bits per heavy atom. The highest BCUT2D eigenvalue weighted by molar-refractivity contribution is 7.85. The van der Waals surface area contributed by atoms with E-state index in [0.717, 1.165) is 5.56 Å². The second kappa shape index (κ2) is 5.85. The SMILES string of the molecule is CCC1=CC(=O)C=C[C@]1(O)C[S@@](=O)c1ccc(C)cc1. The number of allylic oxidation sites excluding steroid dienone is 2. The number of ketones is 1. The van der Waals surface area contributed by atoms with Crippen molar-refractivity contribution in [1.29, 1.82) is 0 Å². The van der Waals surface area contributed by atoms with Crippen LogP contribution in [0.15, 0.2) is 53.0 Å². The molecule has 0 fully saturated rings. The van der Waals surface area contributed by atoms with Gasteiger partial charge in [0, 0.05) is 4.90 Å². The molecule has 0 amide bonds. The van der Waals surface area contributed by atoms with Crippen LogP contribution in [0.2, 0.25) is 0 Å². The van der Waals surface area contributed by atoms with Crippen LogP contribution in [0, 0.1) is 6.92 Å². The van der Waals surface area contributed by atoms with E-state index in [0.29, 0.717) is 16.9 Å². The molecule has 0 radical (unpaired) electrons. The molecule has 2 rings (SSSR count). The number of hydrogen-bond donors (Lipinski definition) is 1. The second-order valence-electron chi connectivity index (χ2n) is 4.99. The lowest BCUT2D eigenvalue weighted by molar-refractivity contribution is -0.110. The summed E-state index contributed by atoms with van der Waals surface area (Å²) in [5.41, 5.74) is 0.422. The Kier molecular flexibility index (Phi) is 4.35. The maximum absolute atomic E-state index is 12.4. The molecule has 0 saturated carbocycles. The molecule has 0 aliphatic heterocycles. The molecule has 1 aromatic carbocycles. The highest BCUT2D eigenvalue weighted by atomic mass is 32.2. The summed E-state index contributed by atoms with van der Waals surface area (Å²) in [5.74, 6) is -0.0628. The smallest absolute Gasteiger partial charge is 0.178 e. The molecule has 1 aliphatic carbocycles. The van der Waals surface area contributed by atoms with Gasteiger partial charge in [0.05, 0.1) is 16.6 Å². The summed E-state index contributed by atoms with van der Waals surface area (Å²) >= 11 is 0. The zero-order valence-electron chi connectivity index (χ0n) is 11.6. The Balaban J connectivity index is 2.22. The molecule has 4 heteroatoms. The summed E-state index contributed by atoms with van der Waals surface area (Å²) in [5, 5.41) is 10.6. The standard InChI is InChI=1S/C16H18O3S/c1-3-13-10-14(17)8-9-16(13,18)11-20(19)15-6-4-12(2)5-7-15/h4-10,18H,3,11H2,1-2H3/t16-,20+/m0/s1. The third-order valence-corrected chi connectivity index (χ3v) is 4.91. The fraction of sp³-hybridized carbons (Fsp3) is 0.312. The number of hydrogen-bond acceptors (Lipinski definition) is 3. The van der Waals surface area contributed by atoms with Gasteiger partial charge in [-0.2, -0.15) is 0 Å². The zero-order valence-corrected chi connectivity index (χ0v) is 12.4. The van der Waals surface area contributed by atoms with Gasteiger partial charge < -0.3 is 5.11 Å². The molecule has 0 saturated heterocycles. The number of rotatable bonds is 4. The molecule has 0 aromatic heterocycles. The predicted octanol–water partition coefficient (Wildman–Crippen LogP) is 2.31. The Bertz CT molecular complexity index is 599. The van der Waals surface area contributed by atoms with Crippen LogP contribution < -0.4 is 0 Å². The monoisotopic (exact) mass is 290 g/mol. The van der Waals surface area contributed by atoms with Gasteiger partial charge in [0.15, 0.2) is 5.78 Å². The molecule has 1 aliphatic rings. The van der Waals surface area contributed by atoms with E-state index < -0.39 is 16.4 Å². The predicted molar refractivity (Wildman–Crippen MR) is 79.9 cm³/mol. The largest absolute Gasteiger partial charge is 0.380 e. The molecular weight excluding hydrogens is 272 g/mol. The minimum Gasteiger partial charge on any atom is -0.380 e. The first-order valence-corrected chi connectivity index (χ1v) is 7.88. The summed E-state index contributed by atoms with van der Waals surface area (Å²) < 4.78 is 12.4. The summed E-state index contributed by atoms with van der Waals surface area (Å²) in [6.07, 6.45) is 4.79. The van der Waals surface area contributed by atoms with Crippen LogP contribution in [-0.2, 0) is 15.6 Å². The summed E-state index contributed by atoms with van der Waals surface area (Å²) in [6.45, 7) is 3.84. The Morgan fingerprint density at radius 2 is 1.90 bits per heavy atom. The Labute approximate surface area is 121 Å². The van der Waals surface area contributed by atoms with Gasteiger partial charge in [0.1, 0.15) is 5.60 Å². The average molecular weight is 290 g/mol. The van der Waals surface area contributed by atoms with E-state index in [-0.39, 0.29) is 11.5 Å². The first-order valence-electron chi connectivity index (χ1n) is 6.56. The Hall–Kier alpha value is -1.52. The van der Waals surface area contributed by atoms with E-state index in [4.69, 9.17) is 0 Å². The quantitative estimate of drug-likeness (QED) is 0.926. The summed E-state index contributed by atoms with van der Waals surface area (Å²) in [7, 11) is -1.32. The van der Waals surface area contributed by atoms with Gasteiger partial charge in [-0.3, -0.25) is 9.00 Å². The molecule has 20 heavy (non-hydrogen) atoms. The summed E-state index contributed by atoms with van der Waals surface area (Å²) in [6, 6.07) is 7.41. The van der Waals surface area contributed by atoms with Crippen LogP contribution in [0.25, 0.3) is 0 Å². The van der Waals surface area contributed by atoms with Crippen LogP contribution in [-0.4, -0.2) is 26.5 Å². The van der Waals surface area contributed by atoms with Crippen LogP contribution in [0.1, 0.15) is 18.9 Å². The van der Waals surface area contributed by atoms with Gasteiger partial charge in [-0.1, -0.05) is 24.6 Å². The van der Waals surface area contributed by atoms with Crippen molar-refractivity contribution >= 4 is 16.6 Å². The van der Waals surface area contributed by atoms with Crippen molar-refractivity contribution in [3.05, 3.63) is 53.6 Å². The van der Waals surface area contributed by atoms with Crippen LogP contribution in [0.3, 0.4) is 0 Å². The molecule has 2 atom stereocenters. The fourth-order valence-electron chi connectivity index (χ4n) is 2.19. The second-order valence-corrected chi connectivity index (χ2v) is 6.44. The minimum absolute atomic E-state index is 0.0690. The highest BCUT2D eigenvalue weighted by Gasteiger charge is 2.33. The van der Waals surface area contributed by atoms with Gasteiger partial charge >= 0.3 is 0 Å². The van der Waals surface area contributed by atoms with Crippen molar-refractivity contribution in [3.8, 4) is 0 Å². The van der Waals surface area contributed by atoms with Crippen LogP contribution >= 0.6 is 0 Å². The van der Waals surface area contributed by atoms with Gasteiger partial charge in [-0.05, 0) is 49.3 Å². The molecular formula is C16H18O3S. The van der Waals surface area contributed by atoms with Crippen LogP contribution in [0.5, 0.6) is 0 Å². The molecule has 106 valence electrons. The number of aliphatic hydroxyl groups is 1. The molecule has 1 N–H and O–H groups in total. The molecule has 0 spiro atoms. The molecule has 3 nitrogen and oxygen atoms in total. The van der Waals surface area contributed by atoms with Crippen molar-refractivity contribution in [1.82, 2.24) is 0 Å². The molecule has 0 heterocycles. The maximum atomic E-state index is 12.4. The highest BCUT2D eigenvalue weighted by Crippen LogP contribution is 2.27. The number of benzene rings is 1. The van der Waals surface area contributed by atoms with Crippen molar-refractivity contribution in [2.24, 2.45) is 0 Å². The van der Waals surface area contributed by atoms with E-state index >= 15 is 0 Å². The van der Waals surface area contributed by atoms with Gasteiger partial charge in [-0.25, -0.2) is 0 Å². The first-order chi connectivity index (χ1) is 9.44. The van der Waals surface area contributed by atoms with E-state index in [9.17, 15) is 14.1 Å². The first kappa shape index (κ1) is 14.9. The molecule has 0 bridgehead atoms. The number of carbonyl (C=O) groups excluding carboxylic acids is 1. The Morgan fingerprint density at radius 3 is 2.50 bits per heavy atom. The molecule has 0 unspecified atom stereocenters. The minimum atomic E-state index is -1.32. The van der Waals surface area contributed by atoms with E-state index in [2.05, 4.69) is 0 Å². The van der Waals surface area contributed by atoms with E-state index in [1.54, 1.807) is 0 Å². The van der Waals surface area contributed by atoms with Crippen molar-refractivity contribution in [2.75, 3.05) is 5.75 Å². The average Bonchev–Trinajstić information content (AvgIpc) is 2.42. The molecule has 1 aromatic rings. The van der Waals surface area contributed by atoms with E-state index in [1.807, 2.05) is 38.1 Å². The van der Waals surface area contributed by atoms with Gasteiger partial charge in [-0.15, -0.1) is 0 Å². The lowest BCUT2D eigenvalue weighted by Crippen LogP contribution is -2.37. The van der Waals surface area contributed by atoms with Crippen molar-refractivity contribution < 1.29 is 14.1 Å². The third-order valence-electron chi connectivity index (χ3n) is 3.41. The van der Waals surface area contributed by atoms with Crippen LogP contribution in [0.4, 0.5) is 0 Å². The number of carbonyl (C=O) groups is 1. The normalized spacial score (nSPS) is 23.6. The van der Waals surface area contributed by atoms with Crippen molar-refractivity contribution in [3.63, 3.8) is 0 Å². The topological polar surface area (TPSA) is 54.4 Å². The van der Waals surface area contributed by atoms with Crippen molar-refractivity contribution in [2.45, 2.75) is 30.8 Å². The van der Waals surface area contributed by atoms with E-state index in [1.165, 1.54) is 18.2 Å². The van der Waals surface area contributed by atoms with Gasteiger partial charge in [0.2, 0.25) is 0 Å². The summed E-state index contributed by atoms with van der Waals surface area (Å²) in [4.78, 5) is 12.0. The maximum Gasteiger partial charge on any atom is 0.178 e. The zero-order chi connectivity index (χ0) is 14.8. The lowest BCUT2D eigenvalue weighted by atomic mass is 9.88.